The Morgan fingerprint density at radius 3 is 2.17 bits per heavy atom. The fraction of sp³-hybridized carbons (Fsp3) is 0.510. The zero-order valence-electron chi connectivity index (χ0n) is 40.6. The number of rotatable bonds is 28. The van der Waals surface area contributed by atoms with Crippen molar-refractivity contribution in [1.82, 2.24) is 25.1 Å². The van der Waals surface area contributed by atoms with Crippen molar-refractivity contribution in [3.63, 3.8) is 0 Å². The van der Waals surface area contributed by atoms with Crippen LogP contribution in [-0.2, 0) is 57.2 Å². The first-order valence-corrected chi connectivity index (χ1v) is 27.1. The van der Waals surface area contributed by atoms with Gasteiger partial charge in [-0.25, -0.2) is 9.97 Å². The lowest BCUT2D eigenvalue weighted by Crippen LogP contribution is -2.52. The number of nitrogens with zero attached hydrogens (tertiary/aromatic N) is 5. The second-order valence-corrected chi connectivity index (χ2v) is 21.4. The molecule has 0 saturated carbocycles. The first kappa shape index (κ1) is 52.8. The first-order valence-electron chi connectivity index (χ1n) is 24.2. The molecule has 3 aliphatic rings. The summed E-state index contributed by atoms with van der Waals surface area (Å²) in [5.41, 5.74) is 6.04. The molecular formula is C51H67ClN7O10P. The Morgan fingerprint density at radius 2 is 1.49 bits per heavy atom. The second-order valence-electron chi connectivity index (χ2n) is 17.8. The van der Waals surface area contributed by atoms with Crippen LogP contribution in [0.1, 0.15) is 57.8 Å². The molecule has 2 N–H and O–H groups in total. The number of imide groups is 1. The molecule has 0 spiro atoms. The highest BCUT2D eigenvalue weighted by atomic mass is 35.5. The number of anilines is 2. The summed E-state index contributed by atoms with van der Waals surface area (Å²) in [7, 11) is -0.778. The van der Waals surface area contributed by atoms with Gasteiger partial charge in [0.2, 0.25) is 11.8 Å². The summed E-state index contributed by atoms with van der Waals surface area (Å²) in [6.45, 7) is 14.2. The summed E-state index contributed by atoms with van der Waals surface area (Å²) >= 11 is 6.56. The zero-order chi connectivity index (χ0) is 49.3. The van der Waals surface area contributed by atoms with E-state index in [1.807, 2.05) is 36.4 Å². The van der Waals surface area contributed by atoms with Crippen molar-refractivity contribution in [3.05, 3.63) is 106 Å². The molecule has 1 unspecified atom stereocenters. The third-order valence-electron chi connectivity index (χ3n) is 12.5. The number of piperazine rings is 1. The lowest BCUT2D eigenvalue weighted by Gasteiger charge is -2.36. The Bertz CT molecular complexity index is 2430. The van der Waals surface area contributed by atoms with Crippen molar-refractivity contribution < 1.29 is 47.4 Å². The third-order valence-corrected chi connectivity index (χ3v) is 14.5. The van der Waals surface area contributed by atoms with Crippen molar-refractivity contribution >= 4 is 53.1 Å². The highest BCUT2D eigenvalue weighted by Crippen LogP contribution is 2.37. The van der Waals surface area contributed by atoms with Gasteiger partial charge in [0, 0.05) is 117 Å². The molecule has 1 atom stereocenters. The fourth-order valence-corrected chi connectivity index (χ4v) is 10.3. The van der Waals surface area contributed by atoms with Gasteiger partial charge in [-0.3, -0.25) is 24.6 Å². The van der Waals surface area contributed by atoms with Gasteiger partial charge in [-0.1, -0.05) is 48.0 Å². The number of carbonyl (C=O) groups is 3. The Labute approximate surface area is 416 Å². The van der Waals surface area contributed by atoms with E-state index in [4.69, 9.17) is 45.0 Å². The molecule has 19 heteroatoms. The van der Waals surface area contributed by atoms with E-state index in [0.717, 1.165) is 78.3 Å². The molecule has 0 bridgehead atoms. The van der Waals surface area contributed by atoms with Crippen LogP contribution in [0, 0.1) is 0 Å². The van der Waals surface area contributed by atoms with Gasteiger partial charge in [-0.05, 0) is 49.9 Å². The van der Waals surface area contributed by atoms with E-state index in [9.17, 15) is 18.9 Å². The van der Waals surface area contributed by atoms with Gasteiger partial charge in [0.1, 0.15) is 24.8 Å². The molecule has 3 amide bonds. The molecule has 4 aromatic rings. The van der Waals surface area contributed by atoms with Crippen LogP contribution in [0.25, 0.3) is 0 Å². The maximum atomic E-state index is 13.0. The van der Waals surface area contributed by atoms with E-state index in [1.54, 1.807) is 37.6 Å². The Balaban J connectivity index is 0.670. The van der Waals surface area contributed by atoms with E-state index in [0.29, 0.717) is 121 Å². The van der Waals surface area contributed by atoms with E-state index in [1.165, 1.54) is 0 Å². The molecule has 2 saturated heterocycles. The van der Waals surface area contributed by atoms with Gasteiger partial charge in [-0.2, -0.15) is 0 Å². The predicted molar refractivity (Wildman–Crippen MR) is 270 cm³/mol. The monoisotopic (exact) mass is 1000 g/mol. The topological polar surface area (TPSA) is 183 Å². The van der Waals surface area contributed by atoms with E-state index < -0.39 is 19.1 Å². The minimum absolute atomic E-state index is 0.196. The minimum Gasteiger partial charge on any atom is -0.496 e. The largest absolute Gasteiger partial charge is 0.496 e. The number of hydrogen-bond acceptors (Lipinski definition) is 15. The molecule has 3 aromatic carbocycles. The van der Waals surface area contributed by atoms with Gasteiger partial charge in [0.05, 0.1) is 77.3 Å². The Kier molecular flexibility index (Phi) is 20.0. The minimum atomic E-state index is -2.47. The number of benzene rings is 3. The summed E-state index contributed by atoms with van der Waals surface area (Å²) in [6.07, 6.45) is 4.13. The molecule has 378 valence electrons. The summed E-state index contributed by atoms with van der Waals surface area (Å²) < 4.78 is 47.2. The highest BCUT2D eigenvalue weighted by Gasteiger charge is 2.40. The van der Waals surface area contributed by atoms with Gasteiger partial charge in [-0.15, -0.1) is 0 Å². The molecule has 4 heterocycles. The number of hydrogen-bond donors (Lipinski definition) is 2. The molecule has 0 aliphatic carbocycles. The maximum Gasteiger partial charge on any atom is 0.255 e. The van der Waals surface area contributed by atoms with Crippen molar-refractivity contribution in [1.29, 1.82) is 0 Å². The van der Waals surface area contributed by atoms with Crippen molar-refractivity contribution in [3.8, 4) is 5.75 Å². The van der Waals surface area contributed by atoms with Gasteiger partial charge in [0.15, 0.2) is 0 Å². The molecule has 17 nitrogen and oxygen atoms in total. The molecule has 3 aliphatic heterocycles. The average molecular weight is 1000 g/mol. The Hall–Kier alpha value is -4.97. The van der Waals surface area contributed by atoms with E-state index >= 15 is 0 Å². The molecule has 1 aromatic heterocycles. The van der Waals surface area contributed by atoms with Crippen LogP contribution in [-0.4, -0.2) is 169 Å². The molecule has 70 heavy (non-hydrogen) atoms. The van der Waals surface area contributed by atoms with Gasteiger partial charge < -0.3 is 48.1 Å². The van der Waals surface area contributed by atoms with E-state index in [2.05, 4.69) is 43.6 Å². The zero-order valence-corrected chi connectivity index (χ0v) is 42.3. The number of nitrogens with one attached hydrogen (secondary N) is 2. The maximum absolute atomic E-state index is 13.0. The summed E-state index contributed by atoms with van der Waals surface area (Å²) in [5, 5.41) is 7.01. The lowest BCUT2D eigenvalue weighted by atomic mass is 10.0. The van der Waals surface area contributed by atoms with Crippen LogP contribution >= 0.6 is 18.7 Å². The lowest BCUT2D eigenvalue weighted by molar-refractivity contribution is -0.136. The number of amides is 3. The Morgan fingerprint density at radius 1 is 0.800 bits per heavy atom. The van der Waals surface area contributed by atoms with E-state index in [-0.39, 0.29) is 18.2 Å². The van der Waals surface area contributed by atoms with Crippen molar-refractivity contribution in [2.24, 2.45) is 0 Å². The van der Waals surface area contributed by atoms with Crippen molar-refractivity contribution in [2.75, 3.05) is 136 Å². The summed E-state index contributed by atoms with van der Waals surface area (Å²) in [4.78, 5) is 52.8. The third kappa shape index (κ3) is 15.0. The van der Waals surface area contributed by atoms with Crippen LogP contribution < -0.4 is 25.6 Å². The smallest absolute Gasteiger partial charge is 0.255 e. The fourth-order valence-electron chi connectivity index (χ4n) is 8.88. The number of halogens is 1. The van der Waals surface area contributed by atoms with Gasteiger partial charge in [0.25, 0.3) is 5.91 Å². The molecular weight excluding hydrogens is 937 g/mol. The SMILES string of the molecule is COc1cc(N2CCN(CCCOCCOCCOCCOCCOCCNc3cccc4c3CN(C3CCC(=O)NC3=O)C4=O)CC2)ccc1Cc1ncc(Cl)c(Cc2ccccc2P(C)(C)=O)n1. The number of carbonyl (C=O) groups excluding carboxylic acids is 3. The first-order chi connectivity index (χ1) is 34.0. The predicted octanol–water partition coefficient (Wildman–Crippen LogP) is 5.04. The summed E-state index contributed by atoms with van der Waals surface area (Å²) in [5.74, 6) is 0.524. The number of fused-ring (bicyclic) bond motifs is 1. The van der Waals surface area contributed by atoms with Crippen LogP contribution in [0.4, 0.5) is 11.4 Å². The number of aromatic nitrogens is 2. The van der Waals surface area contributed by atoms with Crippen LogP contribution in [0.5, 0.6) is 5.75 Å². The normalized spacial score (nSPS) is 16.5. The van der Waals surface area contributed by atoms with Crippen molar-refractivity contribution in [2.45, 2.75) is 44.7 Å². The number of piperidine rings is 1. The van der Waals surface area contributed by atoms with Crippen LogP contribution in [0.3, 0.4) is 0 Å². The quantitative estimate of drug-likeness (QED) is 0.0439. The average Bonchev–Trinajstić information content (AvgIpc) is 3.69. The number of methoxy groups -OCH3 is 1. The van der Waals surface area contributed by atoms with Crippen LogP contribution in [0.2, 0.25) is 5.02 Å². The van der Waals surface area contributed by atoms with Gasteiger partial charge >= 0.3 is 0 Å². The summed E-state index contributed by atoms with van der Waals surface area (Å²) in [6, 6.07) is 19.0. The highest BCUT2D eigenvalue weighted by molar-refractivity contribution is 7.70. The molecule has 7 rings (SSSR count). The second kappa shape index (κ2) is 26.5. The number of ether oxygens (including phenoxy) is 6. The standard InChI is InChI=1S/C51H67ClN7O10P/c1-64-46-34-39(13-12-37(46)33-48-54-35-42(52)44(55-48)32-38-8-4-5-11-47(38)70(2,3)63)58-20-18-57(19-21-58)17-7-22-65-24-26-67-28-30-69-31-29-68-27-25-66-23-16-53-43-10-6-9-40-41(43)36-59(51(40)62)45-14-15-49(60)56-50(45)61/h4-6,8-13,34-35,45,53H,7,14-33,36H2,1-3H3,(H,56,60,61). The van der Waals surface area contributed by atoms with Crippen LogP contribution in [0.15, 0.2) is 66.9 Å². The molecule has 0 radical (unpaired) electrons. The molecule has 2 fully saturated rings.